The van der Waals surface area contributed by atoms with Crippen LogP contribution in [-0.2, 0) is 12.1 Å². The number of nitrogens with one attached hydrogen (secondary N) is 3. The quantitative estimate of drug-likeness (QED) is 0.523. The summed E-state index contributed by atoms with van der Waals surface area (Å²) >= 11 is 0. The molecule has 172 valence electrons. The number of methoxy groups -OCH3 is 2. The van der Waals surface area contributed by atoms with E-state index in [-0.39, 0.29) is 30.0 Å². The van der Waals surface area contributed by atoms with Crippen molar-refractivity contribution in [3.05, 3.63) is 47.2 Å². The Hall–Kier alpha value is -3.89. The number of anilines is 2. The van der Waals surface area contributed by atoms with Crippen LogP contribution in [0.3, 0.4) is 0 Å². The molecule has 2 atom stereocenters. The Labute approximate surface area is 190 Å². The van der Waals surface area contributed by atoms with Crippen LogP contribution in [0, 0.1) is 0 Å². The lowest BCUT2D eigenvalue weighted by molar-refractivity contribution is 0.142. The maximum Gasteiger partial charge on any atom is 0.324 e. The molecule has 33 heavy (non-hydrogen) atoms. The summed E-state index contributed by atoms with van der Waals surface area (Å²) in [5.41, 5.74) is 2.44. The zero-order valence-electron chi connectivity index (χ0n) is 18.9. The van der Waals surface area contributed by atoms with E-state index in [4.69, 9.17) is 9.47 Å². The fourth-order valence-electron chi connectivity index (χ4n) is 4.29. The minimum atomic E-state index is -0.558. The van der Waals surface area contributed by atoms with Crippen molar-refractivity contribution in [1.82, 2.24) is 35.4 Å². The molecule has 5 rings (SSSR count). The number of aromatic nitrogens is 5. The number of ether oxygens (including phenoxy) is 2. The first kappa shape index (κ1) is 21.0. The van der Waals surface area contributed by atoms with Gasteiger partial charge in [-0.25, -0.2) is 4.79 Å². The molecule has 11 nitrogen and oxygen atoms in total. The average Bonchev–Trinajstić information content (AvgIpc) is 3.38. The number of hydrogen-bond acceptors (Lipinski definition) is 8. The highest BCUT2D eigenvalue weighted by atomic mass is 16.5. The lowest BCUT2D eigenvalue weighted by Gasteiger charge is -2.32. The molecule has 1 fully saturated rings. The molecule has 3 aromatic rings. The van der Waals surface area contributed by atoms with Crippen molar-refractivity contribution in [1.29, 1.82) is 0 Å². The molecule has 2 amide bonds. The van der Waals surface area contributed by atoms with E-state index in [2.05, 4.69) is 47.9 Å². The second kappa shape index (κ2) is 7.91. The van der Waals surface area contributed by atoms with Gasteiger partial charge >= 0.3 is 18.1 Å². The third-order valence-corrected chi connectivity index (χ3v) is 6.23. The van der Waals surface area contributed by atoms with Gasteiger partial charge in [0.15, 0.2) is 5.82 Å². The van der Waals surface area contributed by atoms with E-state index < -0.39 is 5.54 Å². The van der Waals surface area contributed by atoms with Gasteiger partial charge in [-0.2, -0.15) is 15.1 Å². The van der Waals surface area contributed by atoms with Gasteiger partial charge in [0.1, 0.15) is 0 Å². The molecule has 0 bridgehead atoms. The van der Waals surface area contributed by atoms with E-state index in [0.29, 0.717) is 18.3 Å². The van der Waals surface area contributed by atoms with E-state index in [0.717, 1.165) is 17.7 Å². The number of urea groups is 1. The van der Waals surface area contributed by atoms with Crippen molar-refractivity contribution in [2.45, 2.75) is 44.3 Å². The summed E-state index contributed by atoms with van der Waals surface area (Å²) in [4.78, 5) is 27.4. The first-order chi connectivity index (χ1) is 15.9. The van der Waals surface area contributed by atoms with E-state index >= 15 is 0 Å². The number of benzene rings is 1. The largest absolute Gasteiger partial charge is 0.467 e. The van der Waals surface area contributed by atoms with E-state index in [1.54, 1.807) is 0 Å². The summed E-state index contributed by atoms with van der Waals surface area (Å²) in [6.45, 7) is 4.39. The summed E-state index contributed by atoms with van der Waals surface area (Å²) < 4.78 is 10.2. The molecule has 1 aliphatic carbocycles. The number of fused-ring (bicyclic) bond motifs is 1. The second-order valence-electron chi connectivity index (χ2n) is 8.64. The summed E-state index contributed by atoms with van der Waals surface area (Å²) in [6, 6.07) is 10.6. The Kier molecular flexibility index (Phi) is 5.03. The minimum absolute atomic E-state index is 0.0949. The Bertz CT molecular complexity index is 1160. The maximum atomic E-state index is 13.2. The van der Waals surface area contributed by atoms with Gasteiger partial charge in [-0.1, -0.05) is 30.3 Å². The summed E-state index contributed by atoms with van der Waals surface area (Å²) in [7, 11) is 2.93. The number of carbonyl (C=O) groups is 1. The molecule has 3 heterocycles. The highest BCUT2D eigenvalue weighted by Crippen LogP contribution is 2.43. The van der Waals surface area contributed by atoms with E-state index in [9.17, 15) is 4.79 Å². The van der Waals surface area contributed by atoms with E-state index in [1.807, 2.05) is 36.9 Å². The molecule has 1 aliphatic heterocycles. The van der Waals surface area contributed by atoms with Gasteiger partial charge in [0.05, 0.1) is 32.0 Å². The highest BCUT2D eigenvalue weighted by molar-refractivity contribution is 5.78. The molecule has 0 radical (unpaired) electrons. The number of nitrogens with zero attached hydrogens (tertiary/aromatic N) is 5. The van der Waals surface area contributed by atoms with Gasteiger partial charge in [-0.3, -0.25) is 5.10 Å². The third-order valence-electron chi connectivity index (χ3n) is 6.23. The minimum Gasteiger partial charge on any atom is -0.467 e. The predicted molar refractivity (Wildman–Crippen MR) is 119 cm³/mol. The summed E-state index contributed by atoms with van der Waals surface area (Å²) in [5, 5.41) is 13.7. The van der Waals surface area contributed by atoms with Gasteiger partial charge in [0.2, 0.25) is 5.95 Å². The Morgan fingerprint density at radius 3 is 2.48 bits per heavy atom. The van der Waals surface area contributed by atoms with Crippen LogP contribution in [-0.4, -0.2) is 56.3 Å². The van der Waals surface area contributed by atoms with E-state index in [1.165, 1.54) is 19.8 Å². The Morgan fingerprint density at radius 2 is 1.82 bits per heavy atom. The number of amides is 2. The van der Waals surface area contributed by atoms with Crippen molar-refractivity contribution in [3.63, 3.8) is 0 Å². The SMILES string of the molecule is COc1nc(Nc2n[nH]c3c2CN(C(=O)N[C@@H]2C[C@H]2c2ccccc2)C3(C)C)nc(OC)n1. The summed E-state index contributed by atoms with van der Waals surface area (Å²) in [6.07, 6.45) is 0.951. The van der Waals surface area contributed by atoms with Crippen LogP contribution in [0.1, 0.15) is 43.0 Å². The lowest BCUT2D eigenvalue weighted by Crippen LogP contribution is -2.47. The predicted octanol–water partition coefficient (Wildman–Crippen LogP) is 2.67. The van der Waals surface area contributed by atoms with Crippen molar-refractivity contribution < 1.29 is 14.3 Å². The number of carbonyl (C=O) groups excluding carboxylic acids is 1. The van der Waals surface area contributed by atoms with Crippen LogP contribution in [0.15, 0.2) is 30.3 Å². The molecular formula is C22H26N8O3. The van der Waals surface area contributed by atoms with Gasteiger partial charge < -0.3 is 25.0 Å². The standard InChI is InChI=1S/C22H26N8O3/c1-22(2)16-14(17(29-28-16)24-18-25-19(32-3)27-20(26-18)33-4)11-30(22)21(31)23-15-10-13(15)12-8-6-5-7-9-12/h5-9,13,15H,10-11H2,1-4H3,(H,23,31)(H2,24,25,26,27,28,29)/t13-,15+/m0/s1. The van der Waals surface area contributed by atoms with Crippen molar-refractivity contribution >= 4 is 17.8 Å². The molecule has 2 aliphatic rings. The molecular weight excluding hydrogens is 424 g/mol. The van der Waals surface area contributed by atoms with Crippen LogP contribution < -0.4 is 20.1 Å². The molecule has 2 aromatic heterocycles. The molecule has 0 spiro atoms. The molecule has 1 saturated carbocycles. The monoisotopic (exact) mass is 450 g/mol. The molecule has 1 aromatic carbocycles. The molecule has 0 saturated heterocycles. The fraction of sp³-hybridized carbons (Fsp3) is 0.409. The number of H-pyrrole nitrogens is 1. The highest BCUT2D eigenvalue weighted by Gasteiger charge is 2.46. The topological polar surface area (TPSA) is 130 Å². The molecule has 3 N–H and O–H groups in total. The van der Waals surface area contributed by atoms with Gasteiger partial charge in [-0.05, 0) is 25.8 Å². The Morgan fingerprint density at radius 1 is 1.12 bits per heavy atom. The lowest BCUT2D eigenvalue weighted by atomic mass is 10.0. The van der Waals surface area contributed by atoms with Crippen molar-refractivity contribution in [2.75, 3.05) is 19.5 Å². The number of aromatic amines is 1. The first-order valence-electron chi connectivity index (χ1n) is 10.7. The number of hydrogen-bond donors (Lipinski definition) is 3. The average molecular weight is 451 g/mol. The van der Waals surface area contributed by atoms with Crippen molar-refractivity contribution in [3.8, 4) is 12.0 Å². The van der Waals surface area contributed by atoms with Gasteiger partial charge in [0, 0.05) is 17.5 Å². The molecule has 0 unspecified atom stereocenters. The summed E-state index contributed by atoms with van der Waals surface area (Å²) in [5.74, 6) is 1.14. The van der Waals surface area contributed by atoms with Crippen LogP contribution >= 0.6 is 0 Å². The normalized spacial score (nSPS) is 20.2. The van der Waals surface area contributed by atoms with Crippen LogP contribution in [0.2, 0.25) is 0 Å². The maximum absolute atomic E-state index is 13.2. The smallest absolute Gasteiger partial charge is 0.324 e. The van der Waals surface area contributed by atoms with Gasteiger partial charge in [-0.15, -0.1) is 4.98 Å². The zero-order chi connectivity index (χ0) is 23.2. The van der Waals surface area contributed by atoms with Crippen LogP contribution in [0.25, 0.3) is 0 Å². The van der Waals surface area contributed by atoms with Crippen LogP contribution in [0.4, 0.5) is 16.6 Å². The van der Waals surface area contributed by atoms with Crippen LogP contribution in [0.5, 0.6) is 12.0 Å². The third kappa shape index (κ3) is 3.79. The number of rotatable bonds is 6. The second-order valence-corrected chi connectivity index (χ2v) is 8.64. The zero-order valence-corrected chi connectivity index (χ0v) is 18.9. The van der Waals surface area contributed by atoms with Gasteiger partial charge in [0.25, 0.3) is 0 Å². The fourth-order valence-corrected chi connectivity index (χ4v) is 4.29. The van der Waals surface area contributed by atoms with Crippen molar-refractivity contribution in [2.24, 2.45) is 0 Å². The molecule has 11 heteroatoms. The first-order valence-corrected chi connectivity index (χ1v) is 10.7. The Balaban J connectivity index is 1.31.